The summed E-state index contributed by atoms with van der Waals surface area (Å²) in [5.74, 6) is -0.489. The molecule has 0 aliphatic heterocycles. The van der Waals surface area contributed by atoms with Crippen LogP contribution in [0.25, 0.3) is 10.8 Å². The Labute approximate surface area is 199 Å². The Morgan fingerprint density at radius 2 is 1.53 bits per heavy atom. The molecule has 0 saturated heterocycles. The fourth-order valence-corrected chi connectivity index (χ4v) is 3.97. The van der Waals surface area contributed by atoms with E-state index in [1.54, 1.807) is 12.1 Å². The minimum absolute atomic E-state index is 0.107. The van der Waals surface area contributed by atoms with Gasteiger partial charge in [0, 0.05) is 6.42 Å². The fourth-order valence-electron chi connectivity index (χ4n) is 3.97. The lowest BCUT2D eigenvalue weighted by molar-refractivity contribution is -0.136. The molecule has 0 saturated carbocycles. The molecule has 4 aromatic carbocycles. The summed E-state index contributed by atoms with van der Waals surface area (Å²) < 4.78 is 5.98. The van der Waals surface area contributed by atoms with E-state index in [1.807, 2.05) is 67.6 Å². The lowest BCUT2D eigenvalue weighted by atomic mass is 9.99. The summed E-state index contributed by atoms with van der Waals surface area (Å²) in [6, 6.07) is 28.9. The van der Waals surface area contributed by atoms with Gasteiger partial charge < -0.3 is 15.2 Å². The highest BCUT2D eigenvalue weighted by molar-refractivity contribution is 5.97. The van der Waals surface area contributed by atoms with E-state index < -0.39 is 5.97 Å². The van der Waals surface area contributed by atoms with E-state index >= 15 is 0 Å². The second kappa shape index (κ2) is 10.7. The summed E-state index contributed by atoms with van der Waals surface area (Å²) in [5, 5.41) is 14.2. The monoisotopic (exact) mass is 453 g/mol. The van der Waals surface area contributed by atoms with Crippen molar-refractivity contribution >= 4 is 22.6 Å². The van der Waals surface area contributed by atoms with Crippen LogP contribution in [-0.4, -0.2) is 17.0 Å². The Kier molecular flexibility index (Phi) is 7.23. The number of amides is 1. The molecule has 1 amide bonds. The average molecular weight is 454 g/mol. The zero-order chi connectivity index (χ0) is 23.9. The quantitative estimate of drug-likeness (QED) is 0.329. The minimum atomic E-state index is -0.808. The van der Waals surface area contributed by atoms with Crippen molar-refractivity contribution in [3.63, 3.8) is 0 Å². The smallest absolute Gasteiger partial charge is 0.303 e. The number of carbonyl (C=O) groups is 2. The number of aryl methyl sites for hydroxylation is 1. The number of rotatable bonds is 9. The van der Waals surface area contributed by atoms with Crippen LogP contribution in [0, 0.1) is 0 Å². The van der Waals surface area contributed by atoms with Crippen LogP contribution in [0.4, 0.5) is 0 Å². The van der Waals surface area contributed by atoms with Crippen molar-refractivity contribution in [1.82, 2.24) is 5.32 Å². The SMILES string of the molecule is C[C@@H](NC(=O)c1ccccc1OCc1ccc(CCC(=O)O)cc1)c1cccc2ccccc12. The molecule has 0 fully saturated rings. The van der Waals surface area contributed by atoms with Gasteiger partial charge in [0.1, 0.15) is 12.4 Å². The topological polar surface area (TPSA) is 75.6 Å². The van der Waals surface area contributed by atoms with Crippen molar-refractivity contribution in [1.29, 1.82) is 0 Å². The number of carboxylic acid groups (broad SMARTS) is 1. The summed E-state index contributed by atoms with van der Waals surface area (Å²) in [6.45, 7) is 2.29. The van der Waals surface area contributed by atoms with E-state index in [-0.39, 0.29) is 18.4 Å². The van der Waals surface area contributed by atoms with Gasteiger partial charge in [-0.25, -0.2) is 0 Å². The zero-order valence-corrected chi connectivity index (χ0v) is 19.0. The van der Waals surface area contributed by atoms with Crippen LogP contribution >= 0.6 is 0 Å². The van der Waals surface area contributed by atoms with Crippen molar-refractivity contribution in [2.75, 3.05) is 0 Å². The second-order valence-electron chi connectivity index (χ2n) is 8.26. The highest BCUT2D eigenvalue weighted by Crippen LogP contribution is 2.26. The maximum Gasteiger partial charge on any atom is 0.303 e. The highest BCUT2D eigenvalue weighted by Gasteiger charge is 2.17. The van der Waals surface area contributed by atoms with Gasteiger partial charge in [0.2, 0.25) is 0 Å². The Hall–Kier alpha value is -4.12. The lowest BCUT2D eigenvalue weighted by Gasteiger charge is -2.18. The van der Waals surface area contributed by atoms with Crippen molar-refractivity contribution in [2.45, 2.75) is 32.4 Å². The zero-order valence-electron chi connectivity index (χ0n) is 19.0. The summed E-state index contributed by atoms with van der Waals surface area (Å²) in [7, 11) is 0. The molecule has 0 aliphatic carbocycles. The van der Waals surface area contributed by atoms with Crippen LogP contribution in [0.1, 0.15) is 46.4 Å². The number of ether oxygens (including phenoxy) is 1. The molecule has 5 heteroatoms. The predicted octanol–water partition coefficient (Wildman–Crippen LogP) is 5.93. The number of carbonyl (C=O) groups excluding carboxylic acids is 1. The first kappa shape index (κ1) is 23.1. The molecular formula is C29H27NO4. The fraction of sp³-hybridized carbons (Fsp3) is 0.172. The first-order valence-corrected chi connectivity index (χ1v) is 11.3. The molecule has 4 rings (SSSR count). The summed E-state index contributed by atoms with van der Waals surface area (Å²) in [5.41, 5.74) is 3.45. The van der Waals surface area contributed by atoms with Crippen LogP contribution in [0.15, 0.2) is 91.0 Å². The van der Waals surface area contributed by atoms with E-state index in [2.05, 4.69) is 23.5 Å². The summed E-state index contributed by atoms with van der Waals surface area (Å²) in [4.78, 5) is 23.9. The van der Waals surface area contributed by atoms with E-state index in [9.17, 15) is 9.59 Å². The number of aliphatic carboxylic acids is 1. The third-order valence-corrected chi connectivity index (χ3v) is 5.81. The number of carboxylic acids is 1. The number of hydrogen-bond donors (Lipinski definition) is 2. The molecule has 0 unspecified atom stereocenters. The van der Waals surface area contributed by atoms with E-state index in [1.165, 1.54) is 0 Å². The molecule has 0 spiro atoms. The first-order chi connectivity index (χ1) is 16.5. The normalized spacial score (nSPS) is 11.7. The van der Waals surface area contributed by atoms with Crippen molar-refractivity contribution < 1.29 is 19.4 Å². The number of benzene rings is 4. The molecule has 2 N–H and O–H groups in total. The predicted molar refractivity (Wildman–Crippen MR) is 133 cm³/mol. The van der Waals surface area contributed by atoms with Crippen LogP contribution in [0.3, 0.4) is 0 Å². The molecule has 0 radical (unpaired) electrons. The molecule has 172 valence electrons. The second-order valence-corrected chi connectivity index (χ2v) is 8.26. The molecule has 0 aromatic heterocycles. The van der Waals surface area contributed by atoms with Crippen LogP contribution in [0.5, 0.6) is 5.75 Å². The Balaban J connectivity index is 1.43. The molecule has 4 aromatic rings. The number of fused-ring (bicyclic) bond motifs is 1. The van der Waals surface area contributed by atoms with Gasteiger partial charge in [0.05, 0.1) is 11.6 Å². The molecule has 5 nitrogen and oxygen atoms in total. The van der Waals surface area contributed by atoms with Crippen molar-refractivity contribution in [3.8, 4) is 5.75 Å². The van der Waals surface area contributed by atoms with Gasteiger partial charge in [-0.05, 0) is 52.9 Å². The number of nitrogens with one attached hydrogen (secondary N) is 1. The van der Waals surface area contributed by atoms with E-state index in [0.29, 0.717) is 24.3 Å². The van der Waals surface area contributed by atoms with E-state index in [4.69, 9.17) is 9.84 Å². The maximum absolute atomic E-state index is 13.1. The molecule has 34 heavy (non-hydrogen) atoms. The van der Waals surface area contributed by atoms with Gasteiger partial charge in [-0.2, -0.15) is 0 Å². The Morgan fingerprint density at radius 1 is 0.853 bits per heavy atom. The lowest BCUT2D eigenvalue weighted by Crippen LogP contribution is -2.27. The van der Waals surface area contributed by atoms with Gasteiger partial charge in [-0.3, -0.25) is 9.59 Å². The van der Waals surface area contributed by atoms with Crippen LogP contribution in [-0.2, 0) is 17.8 Å². The average Bonchev–Trinajstić information content (AvgIpc) is 2.86. The maximum atomic E-state index is 13.1. The number of para-hydroxylation sites is 1. The van der Waals surface area contributed by atoms with Crippen molar-refractivity contribution in [2.24, 2.45) is 0 Å². The first-order valence-electron chi connectivity index (χ1n) is 11.3. The van der Waals surface area contributed by atoms with Gasteiger partial charge in [-0.15, -0.1) is 0 Å². The molecule has 0 bridgehead atoms. The van der Waals surface area contributed by atoms with Crippen molar-refractivity contribution in [3.05, 3.63) is 113 Å². The Bertz CT molecular complexity index is 1290. The van der Waals surface area contributed by atoms with Crippen LogP contribution < -0.4 is 10.1 Å². The molecule has 1 atom stereocenters. The van der Waals surface area contributed by atoms with E-state index in [0.717, 1.165) is 27.5 Å². The summed E-state index contributed by atoms with van der Waals surface area (Å²) in [6.07, 6.45) is 0.601. The molecular weight excluding hydrogens is 426 g/mol. The van der Waals surface area contributed by atoms with Crippen LogP contribution in [0.2, 0.25) is 0 Å². The Morgan fingerprint density at radius 3 is 2.32 bits per heavy atom. The minimum Gasteiger partial charge on any atom is -0.488 e. The molecule has 0 heterocycles. The highest BCUT2D eigenvalue weighted by atomic mass is 16.5. The van der Waals surface area contributed by atoms with Gasteiger partial charge >= 0.3 is 5.97 Å². The third-order valence-electron chi connectivity index (χ3n) is 5.81. The van der Waals surface area contributed by atoms with Gasteiger partial charge in [0.25, 0.3) is 5.91 Å². The van der Waals surface area contributed by atoms with Gasteiger partial charge in [-0.1, -0.05) is 78.9 Å². The largest absolute Gasteiger partial charge is 0.488 e. The summed E-state index contributed by atoms with van der Waals surface area (Å²) >= 11 is 0. The standard InChI is InChI=1S/C29H27NO4/c1-20(24-11-6-8-23-7-2-3-9-25(23)24)30-29(33)26-10-4-5-12-27(26)34-19-22-15-13-21(14-16-22)17-18-28(31)32/h2-16,20H,17-19H2,1H3,(H,30,33)(H,31,32)/t20-/m1/s1. The third kappa shape index (κ3) is 5.62. The van der Waals surface area contributed by atoms with Gasteiger partial charge in [0.15, 0.2) is 0 Å². The molecule has 0 aliphatic rings. The number of hydrogen-bond acceptors (Lipinski definition) is 3.